The van der Waals surface area contributed by atoms with Gasteiger partial charge in [-0.15, -0.1) is 0 Å². The number of amides is 1. The van der Waals surface area contributed by atoms with Gasteiger partial charge < -0.3 is 14.8 Å². The van der Waals surface area contributed by atoms with Crippen LogP contribution in [0, 0.1) is 0 Å². The van der Waals surface area contributed by atoms with Gasteiger partial charge in [-0.3, -0.25) is 9.48 Å². The first-order valence-electron chi connectivity index (χ1n) is 9.40. The van der Waals surface area contributed by atoms with Crippen LogP contribution >= 0.6 is 0 Å². The molecule has 1 amide bonds. The van der Waals surface area contributed by atoms with Gasteiger partial charge in [-0.25, -0.2) is 17.2 Å². The van der Waals surface area contributed by atoms with E-state index in [-0.39, 0.29) is 27.7 Å². The standard InChI is InChI=1S/C21H21F2N3O5S/c1-26-8-7-20(25-26)24-21(27)14-9-16(11-17(10-14)31-18(12-22)13-23)30-15-3-5-19(6-4-15)32(2,28)29/h3-11,18H,12-13H2,1-2H3,(H,24,25,27). The molecule has 0 aliphatic rings. The zero-order chi connectivity index (χ0) is 23.3. The summed E-state index contributed by atoms with van der Waals surface area (Å²) in [7, 11) is -1.68. The number of nitrogens with one attached hydrogen (secondary N) is 1. The van der Waals surface area contributed by atoms with E-state index < -0.39 is 35.2 Å². The Morgan fingerprint density at radius 3 is 2.28 bits per heavy atom. The maximum absolute atomic E-state index is 12.9. The highest BCUT2D eigenvalue weighted by atomic mass is 32.2. The van der Waals surface area contributed by atoms with Crippen LogP contribution in [0.3, 0.4) is 0 Å². The molecule has 3 aromatic rings. The van der Waals surface area contributed by atoms with Crippen LogP contribution in [-0.2, 0) is 16.9 Å². The van der Waals surface area contributed by atoms with Crippen molar-refractivity contribution in [2.24, 2.45) is 7.05 Å². The summed E-state index contributed by atoms with van der Waals surface area (Å²) < 4.78 is 61.6. The molecule has 3 rings (SSSR count). The van der Waals surface area contributed by atoms with E-state index >= 15 is 0 Å². The molecular formula is C21H21F2N3O5S. The summed E-state index contributed by atoms with van der Waals surface area (Å²) in [5, 5.41) is 6.67. The van der Waals surface area contributed by atoms with Crippen LogP contribution in [0.15, 0.2) is 59.6 Å². The molecule has 32 heavy (non-hydrogen) atoms. The fourth-order valence-corrected chi connectivity index (χ4v) is 3.32. The average molecular weight is 465 g/mol. The quantitative estimate of drug-likeness (QED) is 0.519. The Labute approximate surface area is 183 Å². The molecule has 1 aromatic heterocycles. The van der Waals surface area contributed by atoms with Gasteiger partial charge >= 0.3 is 0 Å². The lowest BCUT2D eigenvalue weighted by Crippen LogP contribution is -2.21. The fourth-order valence-electron chi connectivity index (χ4n) is 2.69. The topological polar surface area (TPSA) is 99.5 Å². The normalized spacial score (nSPS) is 11.4. The maximum Gasteiger partial charge on any atom is 0.257 e. The van der Waals surface area contributed by atoms with E-state index in [0.717, 1.165) is 6.26 Å². The molecule has 0 unspecified atom stereocenters. The number of sulfone groups is 1. The lowest BCUT2D eigenvalue weighted by molar-refractivity contribution is 0.102. The fraction of sp³-hybridized carbons (Fsp3) is 0.238. The Morgan fingerprint density at radius 1 is 1.06 bits per heavy atom. The molecule has 0 radical (unpaired) electrons. The summed E-state index contributed by atoms with van der Waals surface area (Å²) in [5.74, 6) is 0.244. The highest BCUT2D eigenvalue weighted by Gasteiger charge is 2.16. The van der Waals surface area contributed by atoms with Crippen LogP contribution in [0.25, 0.3) is 0 Å². The molecule has 0 fully saturated rings. The molecule has 0 atom stereocenters. The average Bonchev–Trinajstić information content (AvgIpc) is 3.16. The van der Waals surface area contributed by atoms with Crippen molar-refractivity contribution in [1.82, 2.24) is 9.78 Å². The molecular weight excluding hydrogens is 444 g/mol. The minimum atomic E-state index is -3.37. The van der Waals surface area contributed by atoms with Crippen molar-refractivity contribution in [3.05, 3.63) is 60.3 Å². The van der Waals surface area contributed by atoms with E-state index in [1.165, 1.54) is 47.1 Å². The van der Waals surface area contributed by atoms with Crippen LogP contribution in [0.1, 0.15) is 10.4 Å². The zero-order valence-corrected chi connectivity index (χ0v) is 18.1. The number of alkyl halides is 2. The van der Waals surface area contributed by atoms with Crippen LogP contribution in [-0.4, -0.2) is 49.8 Å². The first-order valence-corrected chi connectivity index (χ1v) is 11.3. The van der Waals surface area contributed by atoms with E-state index in [1.807, 2.05) is 0 Å². The minimum Gasteiger partial charge on any atom is -0.485 e. The van der Waals surface area contributed by atoms with Crippen LogP contribution < -0.4 is 14.8 Å². The van der Waals surface area contributed by atoms with Gasteiger partial charge in [0.15, 0.2) is 21.8 Å². The Morgan fingerprint density at radius 2 is 1.72 bits per heavy atom. The smallest absolute Gasteiger partial charge is 0.257 e. The molecule has 2 aromatic carbocycles. The van der Waals surface area contributed by atoms with E-state index in [2.05, 4.69) is 10.4 Å². The number of carbonyl (C=O) groups excluding carboxylic acids is 1. The number of hydrogen-bond acceptors (Lipinski definition) is 6. The second-order valence-electron chi connectivity index (χ2n) is 6.92. The molecule has 0 bridgehead atoms. The third-order valence-electron chi connectivity index (χ3n) is 4.23. The van der Waals surface area contributed by atoms with Crippen LogP contribution in [0.2, 0.25) is 0 Å². The number of halogens is 2. The predicted octanol–water partition coefficient (Wildman–Crippen LogP) is 3.55. The second-order valence-corrected chi connectivity index (χ2v) is 8.93. The Kier molecular flexibility index (Phi) is 7.08. The van der Waals surface area contributed by atoms with E-state index in [9.17, 15) is 22.0 Å². The van der Waals surface area contributed by atoms with Crippen molar-refractivity contribution >= 4 is 21.6 Å². The summed E-state index contributed by atoms with van der Waals surface area (Å²) in [6.07, 6.45) is 1.41. The number of aromatic nitrogens is 2. The van der Waals surface area contributed by atoms with Crippen molar-refractivity contribution in [2.75, 3.05) is 24.9 Å². The van der Waals surface area contributed by atoms with Gasteiger partial charge in [-0.1, -0.05) is 0 Å². The van der Waals surface area contributed by atoms with Crippen molar-refractivity contribution in [1.29, 1.82) is 0 Å². The van der Waals surface area contributed by atoms with E-state index in [0.29, 0.717) is 5.82 Å². The molecule has 0 aliphatic carbocycles. The molecule has 1 N–H and O–H groups in total. The SMILES string of the molecule is Cn1ccc(NC(=O)c2cc(Oc3ccc(S(C)(=O)=O)cc3)cc(OC(CF)CF)c2)n1. The monoisotopic (exact) mass is 465 g/mol. The van der Waals surface area contributed by atoms with Gasteiger partial charge in [0.2, 0.25) is 0 Å². The number of hydrogen-bond donors (Lipinski definition) is 1. The number of rotatable bonds is 9. The van der Waals surface area contributed by atoms with Gasteiger partial charge in [0, 0.05) is 37.2 Å². The molecule has 8 nitrogen and oxygen atoms in total. The van der Waals surface area contributed by atoms with Crippen molar-refractivity contribution in [3.63, 3.8) is 0 Å². The zero-order valence-electron chi connectivity index (χ0n) is 17.3. The lowest BCUT2D eigenvalue weighted by Gasteiger charge is -2.15. The molecule has 170 valence electrons. The molecule has 0 saturated heterocycles. The summed E-state index contributed by atoms with van der Waals surface area (Å²) in [6.45, 7) is -2.10. The van der Waals surface area contributed by atoms with Gasteiger partial charge in [0.05, 0.1) is 4.90 Å². The van der Waals surface area contributed by atoms with Crippen LogP contribution in [0.5, 0.6) is 17.2 Å². The maximum atomic E-state index is 12.9. The number of nitrogens with zero attached hydrogens (tertiary/aromatic N) is 2. The number of benzene rings is 2. The van der Waals surface area contributed by atoms with Crippen molar-refractivity contribution in [3.8, 4) is 17.2 Å². The largest absolute Gasteiger partial charge is 0.485 e. The van der Waals surface area contributed by atoms with Crippen molar-refractivity contribution in [2.45, 2.75) is 11.0 Å². The highest BCUT2D eigenvalue weighted by Crippen LogP contribution is 2.29. The second kappa shape index (κ2) is 9.77. The van der Waals surface area contributed by atoms with Crippen LogP contribution in [0.4, 0.5) is 14.6 Å². The first kappa shape index (κ1) is 23.2. The van der Waals surface area contributed by atoms with Gasteiger partial charge in [0.25, 0.3) is 5.91 Å². The molecule has 0 spiro atoms. The number of ether oxygens (including phenoxy) is 2. The van der Waals surface area contributed by atoms with Gasteiger partial charge in [-0.2, -0.15) is 5.10 Å². The first-order chi connectivity index (χ1) is 15.2. The predicted molar refractivity (Wildman–Crippen MR) is 114 cm³/mol. The Balaban J connectivity index is 1.89. The third kappa shape index (κ3) is 6.03. The van der Waals surface area contributed by atoms with Gasteiger partial charge in [0.1, 0.15) is 30.6 Å². The number of aryl methyl sites for hydroxylation is 1. The highest BCUT2D eigenvalue weighted by molar-refractivity contribution is 7.90. The van der Waals surface area contributed by atoms with E-state index in [1.54, 1.807) is 19.3 Å². The minimum absolute atomic E-state index is 0.0294. The van der Waals surface area contributed by atoms with E-state index in [4.69, 9.17) is 9.47 Å². The van der Waals surface area contributed by atoms with Gasteiger partial charge in [-0.05, 0) is 36.4 Å². The summed E-state index contributed by atoms with van der Waals surface area (Å²) >= 11 is 0. The molecule has 11 heteroatoms. The third-order valence-corrected chi connectivity index (χ3v) is 5.36. The molecule has 1 heterocycles. The lowest BCUT2D eigenvalue weighted by atomic mass is 10.2. The Hall–Kier alpha value is -3.47. The Bertz CT molecular complexity index is 1190. The summed E-state index contributed by atoms with van der Waals surface area (Å²) in [6, 6.07) is 11.4. The number of anilines is 1. The summed E-state index contributed by atoms with van der Waals surface area (Å²) in [4.78, 5) is 12.8. The molecule has 0 saturated carbocycles. The van der Waals surface area contributed by atoms with Crippen molar-refractivity contribution < 1.29 is 31.5 Å². The molecule has 0 aliphatic heterocycles. The number of carbonyl (C=O) groups is 1. The summed E-state index contributed by atoms with van der Waals surface area (Å²) in [5.41, 5.74) is 0.104.